The van der Waals surface area contributed by atoms with Crippen molar-refractivity contribution < 1.29 is 0 Å². The summed E-state index contributed by atoms with van der Waals surface area (Å²) >= 11 is 0. The van der Waals surface area contributed by atoms with Gasteiger partial charge in [0, 0.05) is 38.5 Å². The molecule has 2 aromatic heterocycles. The molecule has 3 heteroatoms. The van der Waals surface area contributed by atoms with E-state index in [1.807, 2.05) is 12.1 Å². The minimum Gasteiger partial charge on any atom is -0.310 e. The molecule has 0 saturated carbocycles. The Kier molecular flexibility index (Phi) is 5.88. The van der Waals surface area contributed by atoms with E-state index in [0.717, 1.165) is 44.7 Å². The highest BCUT2D eigenvalue weighted by molar-refractivity contribution is 6.10. The Morgan fingerprint density at radius 1 is 0.391 bits per heavy atom. The fraction of sp³-hybridized carbons (Fsp3) is 0. The summed E-state index contributed by atoms with van der Waals surface area (Å²) in [6, 6.07) is 57.9. The number of para-hydroxylation sites is 4. The standard InChI is InChI=1S/C43H27N3/c1-44-32-23-26-34(43(28-32)46-41-19-8-4-15-37(41)38-16-5-9-20-42(38)46)31-12-10-11-30(27-31)29-21-24-33(25-22-29)45-39-17-6-2-13-35(39)36-14-3-7-18-40(36)45/h2-28H. The van der Waals surface area contributed by atoms with Gasteiger partial charge in [0.1, 0.15) is 0 Å². The van der Waals surface area contributed by atoms with Gasteiger partial charge in [0.2, 0.25) is 0 Å². The Morgan fingerprint density at radius 2 is 0.891 bits per heavy atom. The van der Waals surface area contributed by atoms with Crippen LogP contribution in [0.1, 0.15) is 0 Å². The Hall–Kier alpha value is -6.37. The van der Waals surface area contributed by atoms with Gasteiger partial charge >= 0.3 is 0 Å². The van der Waals surface area contributed by atoms with E-state index >= 15 is 0 Å². The van der Waals surface area contributed by atoms with E-state index in [0.29, 0.717) is 5.69 Å². The predicted molar refractivity (Wildman–Crippen MR) is 192 cm³/mol. The van der Waals surface area contributed by atoms with Crippen LogP contribution in [0.2, 0.25) is 0 Å². The van der Waals surface area contributed by atoms with Crippen molar-refractivity contribution in [2.45, 2.75) is 0 Å². The van der Waals surface area contributed by atoms with Crippen molar-refractivity contribution in [3.8, 4) is 33.6 Å². The quantitative estimate of drug-likeness (QED) is 0.182. The maximum atomic E-state index is 7.79. The molecular weight excluding hydrogens is 558 g/mol. The van der Waals surface area contributed by atoms with Gasteiger partial charge < -0.3 is 9.13 Å². The molecule has 0 N–H and O–H groups in total. The van der Waals surface area contributed by atoms with Crippen molar-refractivity contribution in [2.24, 2.45) is 0 Å². The van der Waals surface area contributed by atoms with Crippen molar-refractivity contribution >= 4 is 49.3 Å². The van der Waals surface area contributed by atoms with Gasteiger partial charge in [-0.15, -0.1) is 0 Å². The number of nitrogens with zero attached hydrogens (tertiary/aromatic N) is 3. The fourth-order valence-electron chi connectivity index (χ4n) is 7.07. The number of hydrogen-bond acceptors (Lipinski definition) is 0. The van der Waals surface area contributed by atoms with Gasteiger partial charge in [-0.3, -0.25) is 0 Å². The smallest absolute Gasteiger partial charge is 0.189 e. The summed E-state index contributed by atoms with van der Waals surface area (Å²) in [6.45, 7) is 7.79. The van der Waals surface area contributed by atoms with E-state index in [-0.39, 0.29) is 0 Å². The lowest BCUT2D eigenvalue weighted by atomic mass is 9.97. The lowest BCUT2D eigenvalue weighted by Crippen LogP contribution is -1.97. The van der Waals surface area contributed by atoms with Gasteiger partial charge in [-0.2, -0.15) is 0 Å². The molecule has 0 aliphatic heterocycles. The van der Waals surface area contributed by atoms with E-state index < -0.39 is 0 Å². The highest BCUT2D eigenvalue weighted by Crippen LogP contribution is 2.39. The first-order valence-electron chi connectivity index (χ1n) is 15.5. The Labute approximate surface area is 266 Å². The monoisotopic (exact) mass is 585 g/mol. The fourth-order valence-corrected chi connectivity index (χ4v) is 7.07. The third-order valence-corrected chi connectivity index (χ3v) is 9.14. The third kappa shape index (κ3) is 3.98. The van der Waals surface area contributed by atoms with Crippen molar-refractivity contribution in [3.63, 3.8) is 0 Å². The van der Waals surface area contributed by atoms with Gasteiger partial charge in [0.15, 0.2) is 5.69 Å². The van der Waals surface area contributed by atoms with Gasteiger partial charge in [-0.05, 0) is 65.2 Å². The van der Waals surface area contributed by atoms with Crippen LogP contribution in [0.5, 0.6) is 0 Å². The SMILES string of the molecule is [C-]#[N+]c1ccc(-c2cccc(-c3ccc(-n4c5ccccc5c5ccccc54)cc3)c2)c(-n2c3ccccc3c3ccccc32)c1. The molecule has 0 spiro atoms. The zero-order valence-electron chi connectivity index (χ0n) is 24.9. The zero-order valence-corrected chi connectivity index (χ0v) is 24.9. The lowest BCUT2D eigenvalue weighted by molar-refractivity contribution is 1.18. The molecule has 7 aromatic carbocycles. The second kappa shape index (κ2) is 10.4. The predicted octanol–water partition coefficient (Wildman–Crippen LogP) is 11.8. The Bertz CT molecular complexity index is 2540. The second-order valence-electron chi connectivity index (χ2n) is 11.7. The summed E-state index contributed by atoms with van der Waals surface area (Å²) in [4.78, 5) is 3.80. The van der Waals surface area contributed by atoms with Crippen LogP contribution in [0.25, 0.3) is 82.1 Å². The molecule has 0 amide bonds. The van der Waals surface area contributed by atoms with Gasteiger partial charge in [-0.25, -0.2) is 4.85 Å². The van der Waals surface area contributed by atoms with Crippen molar-refractivity contribution in [1.29, 1.82) is 0 Å². The highest BCUT2D eigenvalue weighted by Gasteiger charge is 2.17. The van der Waals surface area contributed by atoms with E-state index in [1.54, 1.807) is 0 Å². The van der Waals surface area contributed by atoms with Gasteiger partial charge in [0.05, 0.1) is 28.6 Å². The largest absolute Gasteiger partial charge is 0.310 e. The van der Waals surface area contributed by atoms with Crippen LogP contribution >= 0.6 is 0 Å². The molecule has 46 heavy (non-hydrogen) atoms. The van der Waals surface area contributed by atoms with Crippen LogP contribution in [0.15, 0.2) is 164 Å². The minimum atomic E-state index is 0.623. The molecule has 0 saturated heterocycles. The summed E-state index contributed by atoms with van der Waals surface area (Å²) in [5.74, 6) is 0. The number of hydrogen-bond donors (Lipinski definition) is 0. The average molecular weight is 586 g/mol. The molecule has 214 valence electrons. The van der Waals surface area contributed by atoms with Crippen molar-refractivity contribution in [2.75, 3.05) is 0 Å². The van der Waals surface area contributed by atoms with Crippen LogP contribution in [0.4, 0.5) is 5.69 Å². The normalized spacial score (nSPS) is 11.5. The molecule has 0 bridgehead atoms. The molecule has 0 aliphatic rings. The third-order valence-electron chi connectivity index (χ3n) is 9.14. The zero-order chi connectivity index (χ0) is 30.6. The molecule has 9 rings (SSSR count). The van der Waals surface area contributed by atoms with E-state index in [4.69, 9.17) is 6.57 Å². The number of fused-ring (bicyclic) bond motifs is 6. The van der Waals surface area contributed by atoms with E-state index in [2.05, 4.69) is 166 Å². The van der Waals surface area contributed by atoms with Gasteiger partial charge in [0.25, 0.3) is 0 Å². The molecule has 9 aromatic rings. The van der Waals surface area contributed by atoms with Crippen molar-refractivity contribution in [1.82, 2.24) is 9.13 Å². The van der Waals surface area contributed by atoms with Crippen LogP contribution in [0, 0.1) is 6.57 Å². The summed E-state index contributed by atoms with van der Waals surface area (Å²) in [7, 11) is 0. The highest BCUT2D eigenvalue weighted by atomic mass is 15.0. The maximum Gasteiger partial charge on any atom is 0.189 e. The average Bonchev–Trinajstić information content (AvgIpc) is 3.65. The van der Waals surface area contributed by atoms with Crippen LogP contribution in [0.3, 0.4) is 0 Å². The van der Waals surface area contributed by atoms with E-state index in [9.17, 15) is 0 Å². The Balaban J connectivity index is 1.17. The second-order valence-corrected chi connectivity index (χ2v) is 11.7. The van der Waals surface area contributed by atoms with Crippen LogP contribution < -0.4 is 0 Å². The molecule has 0 aliphatic carbocycles. The summed E-state index contributed by atoms with van der Waals surface area (Å²) in [5.41, 5.74) is 11.9. The van der Waals surface area contributed by atoms with Crippen molar-refractivity contribution in [3.05, 3.63) is 175 Å². The molecule has 0 atom stereocenters. The number of rotatable bonds is 4. The first kappa shape index (κ1) is 26.1. The van der Waals surface area contributed by atoms with Crippen LogP contribution in [-0.4, -0.2) is 9.13 Å². The Morgan fingerprint density at radius 3 is 1.43 bits per heavy atom. The maximum absolute atomic E-state index is 7.79. The molecule has 0 unspecified atom stereocenters. The van der Waals surface area contributed by atoms with Crippen LogP contribution in [-0.2, 0) is 0 Å². The minimum absolute atomic E-state index is 0.623. The number of benzene rings is 7. The summed E-state index contributed by atoms with van der Waals surface area (Å²) < 4.78 is 4.66. The topological polar surface area (TPSA) is 14.2 Å². The van der Waals surface area contributed by atoms with E-state index in [1.165, 1.54) is 32.6 Å². The molecule has 3 nitrogen and oxygen atoms in total. The summed E-state index contributed by atoms with van der Waals surface area (Å²) in [5, 5.41) is 4.93. The molecule has 0 radical (unpaired) electrons. The first-order chi connectivity index (χ1) is 22.8. The number of aromatic nitrogens is 2. The first-order valence-corrected chi connectivity index (χ1v) is 15.5. The summed E-state index contributed by atoms with van der Waals surface area (Å²) in [6.07, 6.45) is 0. The molecule has 2 heterocycles. The molecular formula is C43H27N3. The van der Waals surface area contributed by atoms with Gasteiger partial charge in [-0.1, -0.05) is 115 Å². The molecule has 0 fully saturated rings. The lowest BCUT2D eigenvalue weighted by Gasteiger charge is -2.16.